The van der Waals surface area contributed by atoms with Crippen LogP contribution in [0.1, 0.15) is 26.7 Å². The summed E-state index contributed by atoms with van der Waals surface area (Å²) in [6.07, 6.45) is 2.35. The molecule has 2 aromatic rings. The van der Waals surface area contributed by atoms with Gasteiger partial charge in [-0.15, -0.1) is 5.10 Å². The normalized spacial score (nSPS) is 11.2. The summed E-state index contributed by atoms with van der Waals surface area (Å²) in [5, 5.41) is 16.2. The van der Waals surface area contributed by atoms with Gasteiger partial charge in [0.25, 0.3) is 0 Å². The average molecular weight is 305 g/mol. The summed E-state index contributed by atoms with van der Waals surface area (Å²) >= 11 is 1.70. The molecule has 0 aliphatic rings. The van der Waals surface area contributed by atoms with Crippen LogP contribution < -0.4 is 5.32 Å². The molecular weight excluding hydrogens is 282 g/mol. The molecule has 0 unspecified atom stereocenters. The molecule has 0 saturated heterocycles. The van der Waals surface area contributed by atoms with Crippen LogP contribution in [0, 0.1) is 5.92 Å². The summed E-state index contributed by atoms with van der Waals surface area (Å²) < 4.78 is 1.79. The fraction of sp³-hybridized carbons (Fsp3) is 0.533. The van der Waals surface area contributed by atoms with Crippen molar-refractivity contribution in [1.29, 1.82) is 0 Å². The van der Waals surface area contributed by atoms with Crippen molar-refractivity contribution >= 4 is 11.8 Å². The molecule has 1 N–H and O–H groups in total. The zero-order valence-electron chi connectivity index (χ0n) is 12.7. The summed E-state index contributed by atoms with van der Waals surface area (Å²) in [4.78, 5) is 0. The van der Waals surface area contributed by atoms with Gasteiger partial charge >= 0.3 is 0 Å². The fourth-order valence-corrected chi connectivity index (χ4v) is 2.71. The van der Waals surface area contributed by atoms with E-state index in [1.54, 1.807) is 16.4 Å². The molecule has 21 heavy (non-hydrogen) atoms. The quantitative estimate of drug-likeness (QED) is 0.570. The van der Waals surface area contributed by atoms with E-state index in [0.717, 1.165) is 42.0 Å². The van der Waals surface area contributed by atoms with Crippen molar-refractivity contribution in [2.75, 3.05) is 18.8 Å². The Morgan fingerprint density at radius 3 is 2.76 bits per heavy atom. The predicted molar refractivity (Wildman–Crippen MR) is 86.8 cm³/mol. The second kappa shape index (κ2) is 8.79. The number of nitrogens with one attached hydrogen (secondary N) is 1. The predicted octanol–water partition coefficient (Wildman–Crippen LogP) is 2.78. The first-order valence-electron chi connectivity index (χ1n) is 7.44. The first-order valence-corrected chi connectivity index (χ1v) is 8.43. The van der Waals surface area contributed by atoms with Gasteiger partial charge in [-0.05, 0) is 54.4 Å². The van der Waals surface area contributed by atoms with Gasteiger partial charge in [0.2, 0.25) is 5.16 Å². The average Bonchev–Trinajstić information content (AvgIpc) is 2.95. The summed E-state index contributed by atoms with van der Waals surface area (Å²) in [6.45, 7) is 6.65. The van der Waals surface area contributed by atoms with Gasteiger partial charge in [0.05, 0.1) is 5.69 Å². The van der Waals surface area contributed by atoms with Crippen LogP contribution in [0.25, 0.3) is 5.69 Å². The van der Waals surface area contributed by atoms with Crippen molar-refractivity contribution < 1.29 is 0 Å². The standard InChI is InChI=1S/C15H23N5S/c1-13(2)9-11-16-10-6-12-21-15-17-18-19-20(15)14-7-4-3-5-8-14/h3-5,7-8,13,16H,6,9-12H2,1-2H3. The molecule has 0 amide bonds. The molecule has 0 atom stereocenters. The van der Waals surface area contributed by atoms with Crippen LogP contribution in [0.2, 0.25) is 0 Å². The Morgan fingerprint density at radius 1 is 1.19 bits per heavy atom. The Bertz CT molecular complexity index is 512. The first kappa shape index (κ1) is 16.0. The maximum absolute atomic E-state index is 4.09. The molecule has 6 heteroatoms. The van der Waals surface area contributed by atoms with Crippen molar-refractivity contribution in [3.63, 3.8) is 0 Å². The number of nitrogens with zero attached hydrogens (tertiary/aromatic N) is 4. The van der Waals surface area contributed by atoms with Crippen LogP contribution in [-0.4, -0.2) is 39.0 Å². The second-order valence-corrected chi connectivity index (χ2v) is 6.41. The van der Waals surface area contributed by atoms with Gasteiger partial charge in [0.1, 0.15) is 0 Å². The summed E-state index contributed by atoms with van der Waals surface area (Å²) in [5.74, 6) is 1.78. The minimum absolute atomic E-state index is 0.766. The molecule has 1 heterocycles. The maximum Gasteiger partial charge on any atom is 0.214 e. The number of hydrogen-bond acceptors (Lipinski definition) is 5. The Labute approximate surface area is 130 Å². The molecule has 0 fully saturated rings. The molecule has 0 radical (unpaired) electrons. The zero-order chi connectivity index (χ0) is 14.9. The number of para-hydroxylation sites is 1. The minimum atomic E-state index is 0.766. The molecule has 0 aliphatic heterocycles. The highest BCUT2D eigenvalue weighted by Crippen LogP contribution is 2.18. The van der Waals surface area contributed by atoms with Gasteiger partial charge in [-0.2, -0.15) is 4.68 Å². The molecule has 5 nitrogen and oxygen atoms in total. The number of aromatic nitrogens is 4. The molecule has 1 aromatic heterocycles. The Hall–Kier alpha value is -1.40. The third-order valence-electron chi connectivity index (χ3n) is 3.07. The molecule has 0 spiro atoms. The Balaban J connectivity index is 1.71. The van der Waals surface area contributed by atoms with Gasteiger partial charge in [0, 0.05) is 5.75 Å². The van der Waals surface area contributed by atoms with Gasteiger partial charge < -0.3 is 5.32 Å². The lowest BCUT2D eigenvalue weighted by Crippen LogP contribution is -2.18. The van der Waals surface area contributed by atoms with Crippen molar-refractivity contribution in [2.45, 2.75) is 31.8 Å². The zero-order valence-corrected chi connectivity index (χ0v) is 13.5. The van der Waals surface area contributed by atoms with E-state index >= 15 is 0 Å². The largest absolute Gasteiger partial charge is 0.317 e. The molecule has 0 aliphatic carbocycles. The van der Waals surface area contributed by atoms with Crippen molar-refractivity contribution in [1.82, 2.24) is 25.5 Å². The molecular formula is C15H23N5S. The van der Waals surface area contributed by atoms with Gasteiger partial charge in [0.15, 0.2) is 0 Å². The van der Waals surface area contributed by atoms with Crippen molar-refractivity contribution in [3.05, 3.63) is 30.3 Å². The second-order valence-electron chi connectivity index (χ2n) is 5.34. The van der Waals surface area contributed by atoms with E-state index in [4.69, 9.17) is 0 Å². The fourth-order valence-electron chi connectivity index (χ4n) is 1.88. The number of benzene rings is 1. The lowest BCUT2D eigenvalue weighted by molar-refractivity contribution is 0.537. The van der Waals surface area contributed by atoms with E-state index < -0.39 is 0 Å². The Kier molecular flexibility index (Phi) is 6.69. The summed E-state index contributed by atoms with van der Waals surface area (Å²) in [5.41, 5.74) is 1.00. The third kappa shape index (κ3) is 5.47. The van der Waals surface area contributed by atoms with E-state index in [9.17, 15) is 0 Å². The molecule has 1 aromatic carbocycles. The molecule has 0 saturated carbocycles. The van der Waals surface area contributed by atoms with Gasteiger partial charge in [-0.25, -0.2) is 0 Å². The van der Waals surface area contributed by atoms with Crippen molar-refractivity contribution in [2.24, 2.45) is 5.92 Å². The van der Waals surface area contributed by atoms with Crippen LogP contribution in [0.4, 0.5) is 0 Å². The highest BCUT2D eigenvalue weighted by Gasteiger charge is 2.07. The van der Waals surface area contributed by atoms with Gasteiger partial charge in [-0.1, -0.05) is 43.8 Å². The van der Waals surface area contributed by atoms with Crippen molar-refractivity contribution in [3.8, 4) is 5.69 Å². The number of thioether (sulfide) groups is 1. The topological polar surface area (TPSA) is 55.6 Å². The SMILES string of the molecule is CC(C)CCNCCCSc1nnnn1-c1ccccc1. The summed E-state index contributed by atoms with van der Waals surface area (Å²) in [7, 11) is 0. The van der Waals surface area contributed by atoms with Crippen LogP contribution in [0.3, 0.4) is 0 Å². The number of hydrogen-bond donors (Lipinski definition) is 1. The molecule has 2 rings (SSSR count). The van der Waals surface area contributed by atoms with Gasteiger partial charge in [-0.3, -0.25) is 0 Å². The highest BCUT2D eigenvalue weighted by molar-refractivity contribution is 7.99. The van der Waals surface area contributed by atoms with Crippen LogP contribution in [-0.2, 0) is 0 Å². The van der Waals surface area contributed by atoms with Crippen LogP contribution >= 0.6 is 11.8 Å². The van der Waals surface area contributed by atoms with E-state index in [1.807, 2.05) is 30.3 Å². The number of rotatable bonds is 9. The molecule has 0 bridgehead atoms. The lowest BCUT2D eigenvalue weighted by Gasteiger charge is -2.07. The smallest absolute Gasteiger partial charge is 0.214 e. The number of tetrazole rings is 1. The summed E-state index contributed by atoms with van der Waals surface area (Å²) in [6, 6.07) is 9.99. The monoisotopic (exact) mass is 305 g/mol. The maximum atomic E-state index is 4.09. The first-order chi connectivity index (χ1) is 10.3. The third-order valence-corrected chi connectivity index (χ3v) is 4.07. The van der Waals surface area contributed by atoms with Crippen LogP contribution in [0.15, 0.2) is 35.5 Å². The highest BCUT2D eigenvalue weighted by atomic mass is 32.2. The van der Waals surface area contributed by atoms with E-state index in [2.05, 4.69) is 34.7 Å². The van der Waals surface area contributed by atoms with Crippen LogP contribution in [0.5, 0.6) is 0 Å². The van der Waals surface area contributed by atoms with E-state index in [-0.39, 0.29) is 0 Å². The minimum Gasteiger partial charge on any atom is -0.317 e. The lowest BCUT2D eigenvalue weighted by atomic mass is 10.1. The van der Waals surface area contributed by atoms with E-state index in [1.165, 1.54) is 6.42 Å². The Morgan fingerprint density at radius 2 is 2.00 bits per heavy atom. The van der Waals surface area contributed by atoms with E-state index in [0.29, 0.717) is 0 Å². The molecule has 114 valence electrons.